The molecule has 1 fully saturated rings. The molecule has 0 saturated carbocycles. The molecule has 1 saturated heterocycles. The molecule has 2 aliphatic rings. The number of carbonyl (C=O) groups excluding carboxylic acids is 2. The lowest BCUT2D eigenvalue weighted by atomic mass is 9.94. The van der Waals surface area contributed by atoms with Crippen LogP contribution in [0.25, 0.3) is 0 Å². The van der Waals surface area contributed by atoms with Gasteiger partial charge in [0, 0.05) is 11.6 Å². The van der Waals surface area contributed by atoms with Gasteiger partial charge in [0.2, 0.25) is 5.91 Å². The number of fused-ring (bicyclic) bond motifs is 3. The molecule has 1 aromatic carbocycles. The first-order chi connectivity index (χ1) is 9.19. The quantitative estimate of drug-likeness (QED) is 0.880. The molecule has 100 valence electrons. The number of nitrogens with one attached hydrogen (secondary N) is 1. The van der Waals surface area contributed by atoms with E-state index in [4.69, 9.17) is 0 Å². The van der Waals surface area contributed by atoms with Gasteiger partial charge >= 0.3 is 0 Å². The van der Waals surface area contributed by atoms with E-state index in [1.54, 1.807) is 4.90 Å². The Kier molecular flexibility index (Phi) is 2.81. The van der Waals surface area contributed by atoms with E-state index in [1.807, 2.05) is 31.2 Å². The van der Waals surface area contributed by atoms with Gasteiger partial charge in [-0.2, -0.15) is 0 Å². The molecule has 2 heterocycles. The molecule has 0 aromatic heterocycles. The van der Waals surface area contributed by atoms with Crippen molar-refractivity contribution >= 4 is 11.8 Å². The van der Waals surface area contributed by atoms with Crippen molar-refractivity contribution in [3.8, 4) is 0 Å². The summed E-state index contributed by atoms with van der Waals surface area (Å²) in [5.41, 5.74) is 1.52. The number of carbonyl (C=O) groups is 2. The molecular formula is C15H18N2O2. The first kappa shape index (κ1) is 12.2. The molecule has 1 N–H and O–H groups in total. The maximum Gasteiger partial charge on any atom is 0.255 e. The number of rotatable bonds is 2. The summed E-state index contributed by atoms with van der Waals surface area (Å²) in [6, 6.07) is 7.16. The molecule has 0 spiro atoms. The lowest BCUT2D eigenvalue weighted by molar-refractivity contribution is -0.131. The molecule has 3 atom stereocenters. The molecule has 19 heavy (non-hydrogen) atoms. The third kappa shape index (κ3) is 1.59. The van der Waals surface area contributed by atoms with E-state index in [0.29, 0.717) is 5.56 Å². The minimum Gasteiger partial charge on any atom is -0.349 e. The van der Waals surface area contributed by atoms with Crippen molar-refractivity contribution in [3.05, 3.63) is 35.4 Å². The molecule has 4 heteroatoms. The van der Waals surface area contributed by atoms with Crippen LogP contribution in [0, 0.1) is 0 Å². The monoisotopic (exact) mass is 258 g/mol. The molecule has 2 aliphatic heterocycles. The average Bonchev–Trinajstić information content (AvgIpc) is 2.74. The zero-order valence-corrected chi connectivity index (χ0v) is 11.2. The van der Waals surface area contributed by atoms with Crippen LogP contribution in [0.2, 0.25) is 0 Å². The van der Waals surface area contributed by atoms with Crippen LogP contribution >= 0.6 is 0 Å². The van der Waals surface area contributed by atoms with E-state index >= 15 is 0 Å². The molecule has 0 bridgehead atoms. The zero-order chi connectivity index (χ0) is 13.6. The zero-order valence-electron chi connectivity index (χ0n) is 11.2. The fraction of sp³-hybridized carbons (Fsp3) is 0.467. The van der Waals surface area contributed by atoms with Gasteiger partial charge in [-0.25, -0.2) is 0 Å². The minimum absolute atomic E-state index is 0.000694. The van der Waals surface area contributed by atoms with Crippen molar-refractivity contribution in [3.63, 3.8) is 0 Å². The Bertz CT molecular complexity index is 541. The first-order valence-corrected chi connectivity index (χ1v) is 6.91. The number of hydrogen-bond acceptors (Lipinski definition) is 2. The Labute approximate surface area is 112 Å². The Balaban J connectivity index is 2.09. The predicted octanol–water partition coefficient (Wildman–Crippen LogP) is 1.87. The molecule has 3 unspecified atom stereocenters. The Morgan fingerprint density at radius 1 is 1.16 bits per heavy atom. The number of nitrogens with zero attached hydrogens (tertiary/aromatic N) is 1. The Hall–Kier alpha value is -1.84. The van der Waals surface area contributed by atoms with Crippen molar-refractivity contribution in [2.45, 2.75) is 44.8 Å². The fourth-order valence-corrected chi connectivity index (χ4v) is 3.35. The lowest BCUT2D eigenvalue weighted by Crippen LogP contribution is -2.60. The second-order valence-electron chi connectivity index (χ2n) is 5.20. The molecule has 1 aromatic rings. The third-order valence-electron chi connectivity index (χ3n) is 4.25. The van der Waals surface area contributed by atoms with Gasteiger partial charge in [0.05, 0.1) is 6.04 Å². The smallest absolute Gasteiger partial charge is 0.255 e. The SMILES string of the molecule is CCC1NC(=O)C2c3ccccc3C(=O)N2C1CC. The molecule has 3 rings (SSSR count). The second-order valence-corrected chi connectivity index (χ2v) is 5.20. The van der Waals surface area contributed by atoms with Gasteiger partial charge in [0.25, 0.3) is 5.91 Å². The summed E-state index contributed by atoms with van der Waals surface area (Å²) in [6.07, 6.45) is 1.70. The van der Waals surface area contributed by atoms with Crippen LogP contribution < -0.4 is 5.32 Å². The van der Waals surface area contributed by atoms with Gasteiger partial charge in [0.15, 0.2) is 0 Å². The van der Waals surface area contributed by atoms with Crippen LogP contribution in [0.5, 0.6) is 0 Å². The minimum atomic E-state index is -0.434. The second kappa shape index (κ2) is 4.37. The average molecular weight is 258 g/mol. The summed E-state index contributed by atoms with van der Waals surface area (Å²) in [6.45, 7) is 4.11. The highest BCUT2D eigenvalue weighted by Gasteiger charge is 2.49. The Morgan fingerprint density at radius 3 is 2.58 bits per heavy atom. The van der Waals surface area contributed by atoms with Crippen LogP contribution in [0.1, 0.15) is 48.7 Å². The van der Waals surface area contributed by atoms with E-state index < -0.39 is 6.04 Å². The van der Waals surface area contributed by atoms with Crippen LogP contribution in [-0.4, -0.2) is 28.8 Å². The molecule has 2 amide bonds. The highest BCUT2D eigenvalue weighted by atomic mass is 16.2. The van der Waals surface area contributed by atoms with E-state index in [9.17, 15) is 9.59 Å². The van der Waals surface area contributed by atoms with Gasteiger partial charge in [0.1, 0.15) is 6.04 Å². The summed E-state index contributed by atoms with van der Waals surface area (Å²) >= 11 is 0. The van der Waals surface area contributed by atoms with Crippen molar-refractivity contribution in [2.75, 3.05) is 0 Å². The number of amides is 2. The van der Waals surface area contributed by atoms with Crippen molar-refractivity contribution < 1.29 is 9.59 Å². The lowest BCUT2D eigenvalue weighted by Gasteiger charge is -2.42. The maximum absolute atomic E-state index is 12.6. The van der Waals surface area contributed by atoms with E-state index in [1.165, 1.54) is 0 Å². The van der Waals surface area contributed by atoms with Gasteiger partial charge in [-0.05, 0) is 24.5 Å². The van der Waals surface area contributed by atoms with Crippen molar-refractivity contribution in [1.29, 1.82) is 0 Å². The van der Waals surface area contributed by atoms with E-state index in [-0.39, 0.29) is 23.9 Å². The van der Waals surface area contributed by atoms with Crippen LogP contribution in [0.15, 0.2) is 24.3 Å². The van der Waals surface area contributed by atoms with E-state index in [0.717, 1.165) is 18.4 Å². The Morgan fingerprint density at radius 2 is 1.89 bits per heavy atom. The number of benzene rings is 1. The topological polar surface area (TPSA) is 49.4 Å². The van der Waals surface area contributed by atoms with Crippen LogP contribution in [0.4, 0.5) is 0 Å². The van der Waals surface area contributed by atoms with Gasteiger partial charge in [-0.15, -0.1) is 0 Å². The number of hydrogen-bond donors (Lipinski definition) is 1. The first-order valence-electron chi connectivity index (χ1n) is 6.91. The molecule has 0 radical (unpaired) electrons. The summed E-state index contributed by atoms with van der Waals surface area (Å²) in [4.78, 5) is 26.7. The van der Waals surface area contributed by atoms with Crippen LogP contribution in [-0.2, 0) is 4.79 Å². The van der Waals surface area contributed by atoms with Crippen molar-refractivity contribution in [2.24, 2.45) is 0 Å². The molecular weight excluding hydrogens is 240 g/mol. The summed E-state index contributed by atoms with van der Waals surface area (Å²) in [5.74, 6) is -0.0457. The fourth-order valence-electron chi connectivity index (χ4n) is 3.35. The molecule has 0 aliphatic carbocycles. The molecule has 4 nitrogen and oxygen atoms in total. The standard InChI is InChI=1S/C15H18N2O2/c1-3-11-12(4-2)17-13(14(18)16-11)9-7-5-6-8-10(9)15(17)19/h5-8,11-13H,3-4H2,1-2H3,(H,16,18). The maximum atomic E-state index is 12.6. The summed E-state index contributed by atoms with van der Waals surface area (Å²) in [5, 5.41) is 3.07. The highest BCUT2D eigenvalue weighted by Crippen LogP contribution is 2.39. The summed E-state index contributed by atoms with van der Waals surface area (Å²) < 4.78 is 0. The normalized spacial score (nSPS) is 28.9. The largest absolute Gasteiger partial charge is 0.349 e. The van der Waals surface area contributed by atoms with Gasteiger partial charge in [-0.1, -0.05) is 32.0 Å². The predicted molar refractivity (Wildman–Crippen MR) is 71.7 cm³/mol. The highest BCUT2D eigenvalue weighted by molar-refractivity contribution is 6.05. The van der Waals surface area contributed by atoms with Gasteiger partial charge < -0.3 is 10.2 Å². The van der Waals surface area contributed by atoms with Crippen LogP contribution in [0.3, 0.4) is 0 Å². The number of piperazine rings is 1. The third-order valence-corrected chi connectivity index (χ3v) is 4.25. The summed E-state index contributed by atoms with van der Waals surface area (Å²) in [7, 11) is 0. The van der Waals surface area contributed by atoms with Gasteiger partial charge in [-0.3, -0.25) is 9.59 Å². The van der Waals surface area contributed by atoms with E-state index in [2.05, 4.69) is 12.2 Å². The van der Waals surface area contributed by atoms with Crippen molar-refractivity contribution in [1.82, 2.24) is 10.2 Å².